The first-order valence-corrected chi connectivity index (χ1v) is 8.99. The summed E-state index contributed by atoms with van der Waals surface area (Å²) in [5, 5.41) is 5.52. The molecule has 2 N–H and O–H groups in total. The Morgan fingerprint density at radius 3 is 2.50 bits per heavy atom. The fourth-order valence-electron chi connectivity index (χ4n) is 2.34. The van der Waals surface area contributed by atoms with Crippen molar-refractivity contribution in [1.82, 2.24) is 5.32 Å². The minimum Gasteiger partial charge on any atom is -0.493 e. The van der Waals surface area contributed by atoms with E-state index in [0.717, 1.165) is 0 Å². The Kier molecular flexibility index (Phi) is 7.03. The molecule has 7 heteroatoms. The van der Waals surface area contributed by atoms with Gasteiger partial charge in [0.2, 0.25) is 0 Å². The molecule has 0 aliphatic heterocycles. The van der Waals surface area contributed by atoms with Crippen molar-refractivity contribution < 1.29 is 19.1 Å². The zero-order chi connectivity index (χ0) is 19.1. The lowest BCUT2D eigenvalue weighted by molar-refractivity contribution is 0.0954. The van der Waals surface area contributed by atoms with Crippen molar-refractivity contribution in [1.29, 1.82) is 0 Å². The van der Waals surface area contributed by atoms with E-state index in [0.29, 0.717) is 45.9 Å². The number of carbonyl (C=O) groups is 2. The molecule has 2 amide bonds. The van der Waals surface area contributed by atoms with Crippen LogP contribution in [0, 0.1) is 0 Å². The third-order valence-electron chi connectivity index (χ3n) is 3.50. The van der Waals surface area contributed by atoms with E-state index in [1.165, 1.54) is 7.11 Å². The van der Waals surface area contributed by atoms with E-state index in [4.69, 9.17) is 9.47 Å². The molecule has 6 nitrogen and oxygen atoms in total. The highest BCUT2D eigenvalue weighted by atomic mass is 79.9. The van der Waals surface area contributed by atoms with Crippen LogP contribution in [-0.4, -0.2) is 32.1 Å². The highest BCUT2D eigenvalue weighted by Gasteiger charge is 2.16. The van der Waals surface area contributed by atoms with Crippen LogP contribution in [-0.2, 0) is 0 Å². The summed E-state index contributed by atoms with van der Waals surface area (Å²) in [4.78, 5) is 24.5. The van der Waals surface area contributed by atoms with Gasteiger partial charge in [-0.3, -0.25) is 9.59 Å². The number of ether oxygens (including phenoxy) is 2. The largest absolute Gasteiger partial charge is 0.493 e. The van der Waals surface area contributed by atoms with Crippen LogP contribution in [0.3, 0.4) is 0 Å². The van der Waals surface area contributed by atoms with Crippen molar-refractivity contribution in [2.75, 3.05) is 25.6 Å². The number of carbonyl (C=O) groups excluding carboxylic acids is 2. The van der Waals surface area contributed by atoms with Crippen LogP contribution in [0.5, 0.6) is 11.5 Å². The van der Waals surface area contributed by atoms with Crippen LogP contribution < -0.4 is 20.1 Å². The Bertz CT molecular complexity index is 808. The van der Waals surface area contributed by atoms with E-state index < -0.39 is 0 Å². The fourth-order valence-corrected chi connectivity index (χ4v) is 2.90. The smallest absolute Gasteiger partial charge is 0.255 e. The average molecular weight is 421 g/mol. The number of hydrogen-bond donors (Lipinski definition) is 2. The Labute approximate surface area is 161 Å². The van der Waals surface area contributed by atoms with Gasteiger partial charge >= 0.3 is 0 Å². The molecule has 26 heavy (non-hydrogen) atoms. The molecule has 0 radical (unpaired) electrons. The van der Waals surface area contributed by atoms with Crippen LogP contribution in [0.15, 0.2) is 40.9 Å². The van der Waals surface area contributed by atoms with Gasteiger partial charge in [0.15, 0.2) is 11.5 Å². The summed E-state index contributed by atoms with van der Waals surface area (Å²) in [6.07, 6.45) is 0. The van der Waals surface area contributed by atoms with Crippen molar-refractivity contribution in [3.05, 3.63) is 52.0 Å². The summed E-state index contributed by atoms with van der Waals surface area (Å²) in [6.45, 7) is 4.73. The van der Waals surface area contributed by atoms with Crippen molar-refractivity contribution in [3.63, 3.8) is 0 Å². The van der Waals surface area contributed by atoms with Crippen molar-refractivity contribution in [2.45, 2.75) is 13.8 Å². The number of halogens is 1. The quantitative estimate of drug-likeness (QED) is 0.712. The van der Waals surface area contributed by atoms with Gasteiger partial charge in [-0.15, -0.1) is 0 Å². The number of methoxy groups -OCH3 is 1. The first-order valence-electron chi connectivity index (χ1n) is 8.20. The fraction of sp³-hybridized carbons (Fsp3) is 0.263. The van der Waals surface area contributed by atoms with Gasteiger partial charge in [0.05, 0.1) is 18.2 Å². The molecule has 2 aromatic carbocycles. The van der Waals surface area contributed by atoms with E-state index in [-0.39, 0.29) is 11.8 Å². The number of anilines is 1. The SMILES string of the molecule is CCNC(=O)c1cccc(NC(=O)c2cc(Br)c(OCC)c(OC)c2)c1. The Hall–Kier alpha value is -2.54. The van der Waals surface area contributed by atoms with Gasteiger partial charge in [0.1, 0.15) is 0 Å². The molecule has 0 saturated heterocycles. The third-order valence-corrected chi connectivity index (χ3v) is 4.09. The van der Waals surface area contributed by atoms with Gasteiger partial charge in [0.25, 0.3) is 11.8 Å². The van der Waals surface area contributed by atoms with Crippen molar-refractivity contribution >= 4 is 33.4 Å². The van der Waals surface area contributed by atoms with Crippen LogP contribution in [0.4, 0.5) is 5.69 Å². The van der Waals surface area contributed by atoms with E-state index in [1.54, 1.807) is 36.4 Å². The molecule has 0 bridgehead atoms. The monoisotopic (exact) mass is 420 g/mol. The molecule has 0 atom stereocenters. The maximum atomic E-state index is 12.6. The maximum Gasteiger partial charge on any atom is 0.255 e. The summed E-state index contributed by atoms with van der Waals surface area (Å²) in [7, 11) is 1.52. The minimum absolute atomic E-state index is 0.186. The van der Waals surface area contributed by atoms with E-state index >= 15 is 0 Å². The van der Waals surface area contributed by atoms with Gasteiger partial charge in [-0.05, 0) is 60.1 Å². The molecule has 0 unspecified atom stereocenters. The predicted octanol–water partition coefficient (Wildman–Crippen LogP) is 3.86. The summed E-state index contributed by atoms with van der Waals surface area (Å²) in [5.74, 6) is 0.501. The number of hydrogen-bond acceptors (Lipinski definition) is 4. The minimum atomic E-state index is -0.319. The highest BCUT2D eigenvalue weighted by molar-refractivity contribution is 9.10. The first kappa shape index (κ1) is 19.8. The van der Waals surface area contributed by atoms with Crippen molar-refractivity contribution in [3.8, 4) is 11.5 Å². The number of nitrogens with one attached hydrogen (secondary N) is 2. The predicted molar refractivity (Wildman–Crippen MR) is 104 cm³/mol. The van der Waals surface area contributed by atoms with Crippen LogP contribution in [0.2, 0.25) is 0 Å². The molecule has 0 aliphatic rings. The van der Waals surface area contributed by atoms with Crippen LogP contribution >= 0.6 is 15.9 Å². The number of amides is 2. The summed E-state index contributed by atoms with van der Waals surface area (Å²) in [5.41, 5.74) is 1.42. The molecule has 0 spiro atoms. The molecule has 0 heterocycles. The summed E-state index contributed by atoms with van der Waals surface area (Å²) in [6, 6.07) is 10.0. The molecule has 2 rings (SSSR count). The Morgan fingerprint density at radius 2 is 1.85 bits per heavy atom. The standard InChI is InChI=1S/C19H21BrN2O4/c1-4-21-18(23)12-7-6-8-14(9-12)22-19(24)13-10-15(20)17(26-5-2)16(11-13)25-3/h6-11H,4-5H2,1-3H3,(H,21,23)(H,22,24). The molecule has 0 aliphatic carbocycles. The van der Waals surface area contributed by atoms with Gasteiger partial charge in [-0.1, -0.05) is 6.07 Å². The second-order valence-electron chi connectivity index (χ2n) is 5.32. The lowest BCUT2D eigenvalue weighted by Gasteiger charge is -2.13. The summed E-state index contributed by atoms with van der Waals surface area (Å²) >= 11 is 3.40. The Morgan fingerprint density at radius 1 is 1.08 bits per heavy atom. The normalized spacial score (nSPS) is 10.2. The molecule has 0 fully saturated rings. The highest BCUT2D eigenvalue weighted by Crippen LogP contribution is 2.36. The van der Waals surface area contributed by atoms with E-state index in [1.807, 2.05) is 13.8 Å². The van der Waals surface area contributed by atoms with Crippen LogP contribution in [0.1, 0.15) is 34.6 Å². The van der Waals surface area contributed by atoms with Gasteiger partial charge in [-0.25, -0.2) is 0 Å². The Balaban J connectivity index is 2.24. The number of rotatable bonds is 7. The zero-order valence-electron chi connectivity index (χ0n) is 14.9. The van der Waals surface area contributed by atoms with Gasteiger partial charge < -0.3 is 20.1 Å². The molecular formula is C19H21BrN2O4. The van der Waals surface area contributed by atoms with E-state index in [9.17, 15) is 9.59 Å². The summed E-state index contributed by atoms with van der Waals surface area (Å²) < 4.78 is 11.5. The third kappa shape index (κ3) is 4.76. The lowest BCUT2D eigenvalue weighted by Crippen LogP contribution is -2.22. The second-order valence-corrected chi connectivity index (χ2v) is 6.17. The molecular weight excluding hydrogens is 400 g/mol. The lowest BCUT2D eigenvalue weighted by atomic mass is 10.1. The first-order chi connectivity index (χ1) is 12.5. The zero-order valence-corrected chi connectivity index (χ0v) is 16.5. The van der Waals surface area contributed by atoms with Gasteiger partial charge in [-0.2, -0.15) is 0 Å². The van der Waals surface area contributed by atoms with Crippen molar-refractivity contribution in [2.24, 2.45) is 0 Å². The van der Waals surface area contributed by atoms with Gasteiger partial charge in [0, 0.05) is 23.4 Å². The average Bonchev–Trinajstić information content (AvgIpc) is 2.63. The topological polar surface area (TPSA) is 76.7 Å². The molecule has 0 aromatic heterocycles. The second kappa shape index (κ2) is 9.24. The number of benzene rings is 2. The maximum absolute atomic E-state index is 12.6. The molecule has 138 valence electrons. The molecule has 0 saturated carbocycles. The van der Waals surface area contributed by atoms with E-state index in [2.05, 4.69) is 26.6 Å². The molecule has 2 aromatic rings. The van der Waals surface area contributed by atoms with Crippen LogP contribution in [0.25, 0.3) is 0 Å².